The van der Waals surface area contributed by atoms with E-state index < -0.39 is 17.5 Å². The van der Waals surface area contributed by atoms with Crippen LogP contribution in [0.1, 0.15) is 16.8 Å². The molecule has 0 unspecified atom stereocenters. The summed E-state index contributed by atoms with van der Waals surface area (Å²) in [4.78, 5) is 8.45. The summed E-state index contributed by atoms with van der Waals surface area (Å²) in [6.45, 7) is 0. The molecular weight excluding hydrogens is 301 g/mol. The zero-order valence-electron chi connectivity index (χ0n) is 11.3. The van der Waals surface area contributed by atoms with E-state index in [2.05, 4.69) is 15.0 Å². The topological polar surface area (TPSA) is 74.9 Å². The second-order valence-electron chi connectivity index (χ2n) is 4.22. The maximum absolute atomic E-state index is 12.8. The lowest BCUT2D eigenvalue weighted by Gasteiger charge is -2.12. The fourth-order valence-electron chi connectivity index (χ4n) is 1.79. The van der Waals surface area contributed by atoms with Crippen LogP contribution in [-0.2, 0) is 11.0 Å². The Bertz CT molecular complexity index is 715. The Labute approximate surface area is 123 Å². The fraction of sp³-hybridized carbons (Fsp3) is 0.143. The number of halogens is 3. The Kier molecular flexibility index (Phi) is 4.20. The number of aromatic nitrogens is 1. The highest BCUT2D eigenvalue weighted by Crippen LogP contribution is 2.33. The van der Waals surface area contributed by atoms with Gasteiger partial charge < -0.3 is 15.1 Å². The Hall–Kier alpha value is -2.77. The molecule has 0 radical (unpaired) electrons. The van der Waals surface area contributed by atoms with Crippen LogP contribution in [0.3, 0.4) is 0 Å². The van der Waals surface area contributed by atoms with Crippen molar-refractivity contribution in [3.63, 3.8) is 0 Å². The summed E-state index contributed by atoms with van der Waals surface area (Å²) in [6, 6.07) is 5.07. The van der Waals surface area contributed by atoms with Gasteiger partial charge in [0.05, 0.1) is 5.56 Å². The van der Waals surface area contributed by atoms with Crippen LogP contribution in [-0.4, -0.2) is 28.0 Å². The number of oxime groups is 1. The van der Waals surface area contributed by atoms with Crippen LogP contribution in [0.4, 0.5) is 13.2 Å². The van der Waals surface area contributed by atoms with Crippen LogP contribution in [0.15, 0.2) is 41.7 Å². The predicted octanol–water partition coefficient (Wildman–Crippen LogP) is 2.91. The molecule has 0 aliphatic rings. The molecule has 0 atom stereocenters. The molecule has 0 amide bonds. The van der Waals surface area contributed by atoms with Crippen molar-refractivity contribution in [1.29, 1.82) is 0 Å². The minimum absolute atomic E-state index is 0.112. The first-order valence-electron chi connectivity index (χ1n) is 6.00. The van der Waals surface area contributed by atoms with Crippen molar-refractivity contribution < 1.29 is 28.2 Å². The van der Waals surface area contributed by atoms with Gasteiger partial charge in [0.15, 0.2) is 0 Å². The van der Waals surface area contributed by atoms with Gasteiger partial charge in [0.1, 0.15) is 30.0 Å². The molecule has 8 heteroatoms. The molecule has 2 N–H and O–H groups in total. The molecule has 5 nitrogen and oxygen atoms in total. The Morgan fingerprint density at radius 3 is 2.50 bits per heavy atom. The van der Waals surface area contributed by atoms with Gasteiger partial charge in [-0.15, -0.1) is 0 Å². The van der Waals surface area contributed by atoms with Crippen LogP contribution in [0.2, 0.25) is 0 Å². The second kappa shape index (κ2) is 5.92. The average molecular weight is 312 g/mol. The number of hydrogen-bond donors (Lipinski definition) is 2. The number of nitrogens with zero attached hydrogens (tertiary/aromatic N) is 2. The third-order valence-electron chi connectivity index (χ3n) is 2.77. The SMILES string of the molecule is CO/N=C(\c1cc(C(F)(F)F)ccc1O)c1ncccc1O. The van der Waals surface area contributed by atoms with E-state index in [4.69, 9.17) is 0 Å². The molecule has 22 heavy (non-hydrogen) atoms. The minimum atomic E-state index is -4.59. The highest BCUT2D eigenvalue weighted by Gasteiger charge is 2.32. The van der Waals surface area contributed by atoms with Crippen LogP contribution in [0.25, 0.3) is 0 Å². The van der Waals surface area contributed by atoms with Crippen molar-refractivity contribution >= 4 is 5.71 Å². The highest BCUT2D eigenvalue weighted by atomic mass is 19.4. The molecule has 1 heterocycles. The molecule has 1 aromatic heterocycles. The fourth-order valence-corrected chi connectivity index (χ4v) is 1.79. The summed E-state index contributed by atoms with van der Waals surface area (Å²) in [5, 5.41) is 23.2. The molecule has 0 aliphatic heterocycles. The smallest absolute Gasteiger partial charge is 0.416 e. The first kappa shape index (κ1) is 15.6. The summed E-state index contributed by atoms with van der Waals surface area (Å²) in [5.41, 5.74) is -1.56. The summed E-state index contributed by atoms with van der Waals surface area (Å²) in [5.74, 6) is -0.760. The van der Waals surface area contributed by atoms with Gasteiger partial charge in [0, 0.05) is 11.8 Å². The summed E-state index contributed by atoms with van der Waals surface area (Å²) in [7, 11) is 1.19. The summed E-state index contributed by atoms with van der Waals surface area (Å²) >= 11 is 0. The van der Waals surface area contributed by atoms with E-state index in [1.807, 2.05) is 0 Å². The van der Waals surface area contributed by atoms with Gasteiger partial charge in [-0.25, -0.2) is 0 Å². The van der Waals surface area contributed by atoms with Gasteiger partial charge in [-0.05, 0) is 30.3 Å². The average Bonchev–Trinajstić information content (AvgIpc) is 2.45. The second-order valence-corrected chi connectivity index (χ2v) is 4.22. The molecule has 2 aromatic rings. The molecule has 1 aromatic carbocycles. The highest BCUT2D eigenvalue weighted by molar-refractivity contribution is 6.14. The lowest BCUT2D eigenvalue weighted by Crippen LogP contribution is -2.11. The van der Waals surface area contributed by atoms with E-state index in [0.29, 0.717) is 6.07 Å². The van der Waals surface area contributed by atoms with Crippen LogP contribution in [0, 0.1) is 0 Å². The van der Waals surface area contributed by atoms with E-state index in [9.17, 15) is 23.4 Å². The van der Waals surface area contributed by atoms with Crippen molar-refractivity contribution in [2.45, 2.75) is 6.18 Å². The molecule has 116 valence electrons. The largest absolute Gasteiger partial charge is 0.507 e. The molecule has 0 fully saturated rings. The Balaban J connectivity index is 2.65. The first-order chi connectivity index (χ1) is 10.3. The monoisotopic (exact) mass is 312 g/mol. The van der Waals surface area contributed by atoms with Crippen LogP contribution in [0.5, 0.6) is 11.5 Å². The van der Waals surface area contributed by atoms with Crippen molar-refractivity contribution in [2.24, 2.45) is 5.16 Å². The number of hydrogen-bond acceptors (Lipinski definition) is 5. The third-order valence-corrected chi connectivity index (χ3v) is 2.77. The summed E-state index contributed by atoms with van der Waals surface area (Å²) in [6.07, 6.45) is -3.27. The lowest BCUT2D eigenvalue weighted by molar-refractivity contribution is -0.137. The molecule has 0 saturated heterocycles. The molecule has 0 saturated carbocycles. The molecule has 0 aliphatic carbocycles. The maximum atomic E-state index is 12.8. The van der Waals surface area contributed by atoms with Gasteiger partial charge in [0.25, 0.3) is 0 Å². The molecule has 0 bridgehead atoms. The van der Waals surface area contributed by atoms with Crippen molar-refractivity contribution in [3.8, 4) is 11.5 Å². The van der Waals surface area contributed by atoms with Gasteiger partial charge in [-0.3, -0.25) is 4.98 Å². The quantitative estimate of drug-likeness (QED) is 0.675. The number of rotatable bonds is 3. The number of benzene rings is 1. The maximum Gasteiger partial charge on any atom is 0.416 e. The number of aromatic hydroxyl groups is 2. The molecule has 0 spiro atoms. The van der Waals surface area contributed by atoms with E-state index in [1.165, 1.54) is 25.4 Å². The third kappa shape index (κ3) is 3.11. The standard InChI is InChI=1S/C14H11F3N2O3/c1-22-19-12(13-11(21)3-2-6-18-13)9-7-8(14(15,16)17)4-5-10(9)20/h2-7,20-21H,1H3/b19-12+. The van der Waals surface area contributed by atoms with Gasteiger partial charge in [-0.2, -0.15) is 13.2 Å². The number of alkyl halides is 3. The minimum Gasteiger partial charge on any atom is -0.507 e. The number of pyridine rings is 1. The van der Waals surface area contributed by atoms with Gasteiger partial charge in [-0.1, -0.05) is 5.16 Å². The summed E-state index contributed by atoms with van der Waals surface area (Å²) < 4.78 is 38.4. The lowest BCUT2D eigenvalue weighted by atomic mass is 10.0. The van der Waals surface area contributed by atoms with E-state index in [0.717, 1.165) is 12.1 Å². The number of phenolic OH excluding ortho intramolecular Hbond substituents is 1. The molecular formula is C14H11F3N2O3. The van der Waals surface area contributed by atoms with Gasteiger partial charge in [0.2, 0.25) is 0 Å². The van der Waals surface area contributed by atoms with Crippen LogP contribution >= 0.6 is 0 Å². The normalized spacial score (nSPS) is 12.3. The van der Waals surface area contributed by atoms with Gasteiger partial charge >= 0.3 is 6.18 Å². The predicted molar refractivity (Wildman–Crippen MR) is 71.7 cm³/mol. The van der Waals surface area contributed by atoms with E-state index in [1.54, 1.807) is 0 Å². The number of phenols is 1. The van der Waals surface area contributed by atoms with Crippen molar-refractivity contribution in [2.75, 3.05) is 7.11 Å². The van der Waals surface area contributed by atoms with E-state index >= 15 is 0 Å². The van der Waals surface area contributed by atoms with Crippen LogP contribution < -0.4 is 0 Å². The van der Waals surface area contributed by atoms with E-state index in [-0.39, 0.29) is 22.7 Å². The first-order valence-corrected chi connectivity index (χ1v) is 6.00. The zero-order valence-corrected chi connectivity index (χ0v) is 11.3. The zero-order chi connectivity index (χ0) is 16.3. The van der Waals surface area contributed by atoms with Crippen molar-refractivity contribution in [3.05, 3.63) is 53.3 Å². The molecule has 2 rings (SSSR count). The Morgan fingerprint density at radius 1 is 1.18 bits per heavy atom. The van der Waals surface area contributed by atoms with Crippen molar-refractivity contribution in [1.82, 2.24) is 4.98 Å². The Morgan fingerprint density at radius 2 is 1.91 bits per heavy atom.